The van der Waals surface area contributed by atoms with Crippen molar-refractivity contribution in [3.8, 4) is 11.5 Å². The van der Waals surface area contributed by atoms with E-state index in [2.05, 4.69) is 97.1 Å². The summed E-state index contributed by atoms with van der Waals surface area (Å²) in [6.07, 6.45) is 0. The minimum absolute atomic E-state index is 0.545. The molecule has 2 nitrogen and oxygen atoms in total. The zero-order chi connectivity index (χ0) is 25.3. The van der Waals surface area contributed by atoms with Crippen LogP contribution in [0.3, 0.4) is 0 Å². The van der Waals surface area contributed by atoms with Gasteiger partial charge in [0, 0.05) is 0 Å². The fourth-order valence-corrected chi connectivity index (χ4v) is 5.31. The van der Waals surface area contributed by atoms with E-state index in [1.165, 1.54) is 43.1 Å². The van der Waals surface area contributed by atoms with Gasteiger partial charge < -0.3 is 9.47 Å². The Morgan fingerprint density at radius 2 is 0.737 bits per heavy atom. The van der Waals surface area contributed by atoms with Crippen molar-refractivity contribution < 1.29 is 9.47 Å². The van der Waals surface area contributed by atoms with Crippen LogP contribution in [0.25, 0.3) is 43.1 Å². The third-order valence-electron chi connectivity index (χ3n) is 7.24. The Bertz CT molecular complexity index is 1760. The first-order chi connectivity index (χ1) is 18.8. The summed E-state index contributed by atoms with van der Waals surface area (Å²) < 4.78 is 12.4. The maximum atomic E-state index is 6.22. The smallest absolute Gasteiger partial charge is 0.120 e. The van der Waals surface area contributed by atoms with Gasteiger partial charge >= 0.3 is 0 Å². The molecule has 7 aromatic rings. The predicted octanol–water partition coefficient (Wildman–Crippen LogP) is 9.46. The molecule has 0 amide bonds. The van der Waals surface area contributed by atoms with E-state index < -0.39 is 0 Å². The van der Waals surface area contributed by atoms with E-state index in [4.69, 9.17) is 9.47 Å². The first-order valence-corrected chi connectivity index (χ1v) is 13.0. The third-order valence-corrected chi connectivity index (χ3v) is 7.24. The van der Waals surface area contributed by atoms with Crippen molar-refractivity contribution in [3.05, 3.63) is 145 Å². The van der Waals surface area contributed by atoms with Crippen LogP contribution < -0.4 is 9.47 Å². The molecule has 0 radical (unpaired) electrons. The zero-order valence-corrected chi connectivity index (χ0v) is 20.9. The maximum Gasteiger partial charge on any atom is 0.120 e. The lowest BCUT2D eigenvalue weighted by Crippen LogP contribution is -1.95. The van der Waals surface area contributed by atoms with E-state index in [1.807, 2.05) is 36.4 Å². The van der Waals surface area contributed by atoms with Gasteiger partial charge in [-0.15, -0.1) is 0 Å². The molecule has 0 fully saturated rings. The van der Waals surface area contributed by atoms with Crippen LogP contribution in [0.2, 0.25) is 0 Å². The monoisotopic (exact) mass is 490 g/mol. The molecule has 0 atom stereocenters. The Hall–Kier alpha value is -4.82. The van der Waals surface area contributed by atoms with Crippen molar-refractivity contribution in [1.82, 2.24) is 0 Å². The van der Waals surface area contributed by atoms with Crippen molar-refractivity contribution in [2.45, 2.75) is 13.2 Å². The van der Waals surface area contributed by atoms with Gasteiger partial charge in [-0.1, -0.05) is 109 Å². The summed E-state index contributed by atoms with van der Waals surface area (Å²) in [6.45, 7) is 1.09. The second-order valence-corrected chi connectivity index (χ2v) is 9.71. The van der Waals surface area contributed by atoms with Gasteiger partial charge in [0.15, 0.2) is 0 Å². The van der Waals surface area contributed by atoms with Crippen LogP contribution in [0.4, 0.5) is 0 Å². The summed E-state index contributed by atoms with van der Waals surface area (Å²) in [6, 6.07) is 46.7. The summed E-state index contributed by atoms with van der Waals surface area (Å²) >= 11 is 0. The highest BCUT2D eigenvalue weighted by atomic mass is 16.5. The Morgan fingerprint density at radius 3 is 1.16 bits per heavy atom. The van der Waals surface area contributed by atoms with Gasteiger partial charge in [0.2, 0.25) is 0 Å². The van der Waals surface area contributed by atoms with Gasteiger partial charge in [-0.2, -0.15) is 0 Å². The number of hydrogen-bond donors (Lipinski definition) is 0. The van der Waals surface area contributed by atoms with Crippen LogP contribution in [0.15, 0.2) is 133 Å². The van der Waals surface area contributed by atoms with Gasteiger partial charge in [-0.3, -0.25) is 0 Å². The van der Waals surface area contributed by atoms with E-state index >= 15 is 0 Å². The molecule has 7 rings (SSSR count). The average molecular weight is 491 g/mol. The maximum absolute atomic E-state index is 6.22. The highest BCUT2D eigenvalue weighted by Gasteiger charge is 2.11. The Labute approximate surface area is 221 Å². The van der Waals surface area contributed by atoms with E-state index in [1.54, 1.807) is 0 Å². The largest absolute Gasteiger partial charge is 0.489 e. The molecule has 182 valence electrons. The van der Waals surface area contributed by atoms with Gasteiger partial charge in [-0.25, -0.2) is 0 Å². The van der Waals surface area contributed by atoms with E-state index in [-0.39, 0.29) is 0 Å². The van der Waals surface area contributed by atoms with E-state index in [0.29, 0.717) is 13.2 Å². The van der Waals surface area contributed by atoms with Crippen LogP contribution in [0, 0.1) is 0 Å². The number of hydrogen-bond acceptors (Lipinski definition) is 2. The number of benzene rings is 7. The first-order valence-electron chi connectivity index (χ1n) is 13.0. The molecule has 0 spiro atoms. The van der Waals surface area contributed by atoms with E-state index in [9.17, 15) is 0 Å². The summed E-state index contributed by atoms with van der Waals surface area (Å²) in [4.78, 5) is 0. The highest BCUT2D eigenvalue weighted by Crippen LogP contribution is 2.38. The van der Waals surface area contributed by atoms with Gasteiger partial charge in [0.25, 0.3) is 0 Å². The van der Waals surface area contributed by atoms with Crippen molar-refractivity contribution in [3.63, 3.8) is 0 Å². The Balaban J connectivity index is 1.37. The molecule has 0 unspecified atom stereocenters. The predicted molar refractivity (Wildman–Crippen MR) is 158 cm³/mol. The lowest BCUT2D eigenvalue weighted by Gasteiger charge is -2.14. The van der Waals surface area contributed by atoms with Crippen LogP contribution in [0.5, 0.6) is 11.5 Å². The normalized spacial score (nSPS) is 11.4. The molecule has 0 aliphatic carbocycles. The van der Waals surface area contributed by atoms with Crippen molar-refractivity contribution in [2.24, 2.45) is 0 Å². The molecule has 0 aromatic heterocycles. The van der Waals surface area contributed by atoms with Crippen molar-refractivity contribution in [1.29, 1.82) is 0 Å². The van der Waals surface area contributed by atoms with Gasteiger partial charge in [0.05, 0.1) is 0 Å². The number of fused-ring (bicyclic) bond motifs is 7. The lowest BCUT2D eigenvalue weighted by atomic mass is 9.93. The second-order valence-electron chi connectivity index (χ2n) is 9.71. The van der Waals surface area contributed by atoms with Crippen LogP contribution in [0.1, 0.15) is 11.1 Å². The minimum atomic E-state index is 0.545. The molecule has 0 N–H and O–H groups in total. The van der Waals surface area contributed by atoms with Crippen LogP contribution in [-0.2, 0) is 13.2 Å². The molecular formula is C36H26O2. The fourth-order valence-electron chi connectivity index (χ4n) is 5.31. The standard InChI is InChI=1S/C36H26O2/c1-3-7-25(8-4-1)23-37-31-19-17-27-11-13-29-15-16-30-14-12-28-18-20-32(38-24-26-9-5-2-6-10-26)22-34(28)36(30)35(29)33(27)21-31/h1-22H,23-24H2. The average Bonchev–Trinajstić information content (AvgIpc) is 2.99. The van der Waals surface area contributed by atoms with Crippen LogP contribution in [-0.4, -0.2) is 0 Å². The quantitative estimate of drug-likeness (QED) is 0.216. The first kappa shape index (κ1) is 22.4. The molecule has 0 saturated heterocycles. The summed E-state index contributed by atoms with van der Waals surface area (Å²) in [7, 11) is 0. The molecule has 0 aliphatic rings. The molecule has 7 aromatic carbocycles. The molecular weight excluding hydrogens is 464 g/mol. The highest BCUT2D eigenvalue weighted by molar-refractivity contribution is 6.27. The third kappa shape index (κ3) is 4.21. The SMILES string of the molecule is c1ccc(COc2ccc3ccc4ccc5ccc6ccc(OCc7ccccc7)cc6c5c4c3c2)cc1. The van der Waals surface area contributed by atoms with Gasteiger partial charge in [-0.05, 0) is 78.5 Å². The van der Waals surface area contributed by atoms with E-state index in [0.717, 1.165) is 22.6 Å². The molecule has 0 bridgehead atoms. The van der Waals surface area contributed by atoms with Gasteiger partial charge in [0.1, 0.15) is 24.7 Å². The molecule has 0 saturated carbocycles. The minimum Gasteiger partial charge on any atom is -0.489 e. The van der Waals surface area contributed by atoms with Crippen LogP contribution >= 0.6 is 0 Å². The van der Waals surface area contributed by atoms with Crippen molar-refractivity contribution >= 4 is 43.1 Å². The zero-order valence-electron chi connectivity index (χ0n) is 20.9. The Morgan fingerprint density at radius 1 is 0.368 bits per heavy atom. The molecule has 2 heteroatoms. The fraction of sp³-hybridized carbons (Fsp3) is 0.0556. The topological polar surface area (TPSA) is 18.5 Å². The number of rotatable bonds is 6. The summed E-state index contributed by atoms with van der Waals surface area (Å²) in [5.74, 6) is 1.75. The Kier molecular flexibility index (Phi) is 5.64. The second kappa shape index (κ2) is 9.57. The summed E-state index contributed by atoms with van der Waals surface area (Å²) in [5.41, 5.74) is 2.31. The lowest BCUT2D eigenvalue weighted by molar-refractivity contribution is 0.306. The molecule has 38 heavy (non-hydrogen) atoms. The molecule has 0 heterocycles. The van der Waals surface area contributed by atoms with Crippen molar-refractivity contribution in [2.75, 3.05) is 0 Å². The number of ether oxygens (including phenoxy) is 2. The summed E-state index contributed by atoms with van der Waals surface area (Å²) in [5, 5.41) is 9.72. The molecule has 0 aliphatic heterocycles.